The van der Waals surface area contributed by atoms with Gasteiger partial charge in [0.1, 0.15) is 6.04 Å². The first kappa shape index (κ1) is 28.3. The van der Waals surface area contributed by atoms with Gasteiger partial charge in [0.2, 0.25) is 11.8 Å². The predicted octanol–water partition coefficient (Wildman–Crippen LogP) is 6.89. The smallest absolute Gasteiger partial charge is 0.243 e. The highest BCUT2D eigenvalue weighted by atomic mass is 79.9. The molecule has 0 fully saturated rings. The molecule has 36 heavy (non-hydrogen) atoms. The first-order valence-corrected chi connectivity index (χ1v) is 14.4. The molecule has 0 aliphatic carbocycles. The van der Waals surface area contributed by atoms with E-state index < -0.39 is 6.04 Å². The number of carbonyl (C=O) groups excluding carboxylic acids is 2. The number of hydrogen-bond donors (Lipinski definition) is 1. The molecule has 0 radical (unpaired) electrons. The number of nitrogens with zero attached hydrogens (tertiary/aromatic N) is 1. The molecule has 0 bridgehead atoms. The van der Waals surface area contributed by atoms with Crippen LogP contribution in [0, 0.1) is 0 Å². The van der Waals surface area contributed by atoms with E-state index in [9.17, 15) is 9.59 Å². The van der Waals surface area contributed by atoms with Crippen LogP contribution in [0.4, 0.5) is 0 Å². The highest BCUT2D eigenvalue weighted by Gasteiger charge is 2.30. The number of carbonyl (C=O) groups is 2. The van der Waals surface area contributed by atoms with Gasteiger partial charge in [0.25, 0.3) is 0 Å². The Hall–Kier alpha value is -2.28. The fraction of sp³-hybridized carbons (Fsp3) is 0.310. The van der Waals surface area contributed by atoms with E-state index in [4.69, 9.17) is 11.6 Å². The molecule has 7 heteroatoms. The quantitative estimate of drug-likeness (QED) is 0.251. The van der Waals surface area contributed by atoms with E-state index in [1.54, 1.807) is 4.90 Å². The average Bonchev–Trinajstić information content (AvgIpc) is 2.87. The Labute approximate surface area is 231 Å². The molecule has 1 N–H and O–H groups in total. The lowest BCUT2D eigenvalue weighted by molar-refractivity contribution is -0.139. The van der Waals surface area contributed by atoms with E-state index in [0.717, 1.165) is 27.6 Å². The first-order chi connectivity index (χ1) is 17.4. The topological polar surface area (TPSA) is 49.4 Å². The van der Waals surface area contributed by atoms with Crippen molar-refractivity contribution in [3.63, 3.8) is 0 Å². The summed E-state index contributed by atoms with van der Waals surface area (Å²) in [4.78, 5) is 28.9. The molecule has 3 aromatic carbocycles. The summed E-state index contributed by atoms with van der Waals surface area (Å²) in [5.41, 5.74) is 3.05. The summed E-state index contributed by atoms with van der Waals surface area (Å²) < 4.78 is 0.969. The molecule has 3 aromatic rings. The van der Waals surface area contributed by atoms with Gasteiger partial charge in [-0.3, -0.25) is 9.59 Å². The van der Waals surface area contributed by atoms with Crippen molar-refractivity contribution in [2.24, 2.45) is 0 Å². The summed E-state index contributed by atoms with van der Waals surface area (Å²) in [7, 11) is 0. The Balaban J connectivity index is 1.85. The van der Waals surface area contributed by atoms with Crippen LogP contribution in [0.5, 0.6) is 0 Å². The summed E-state index contributed by atoms with van der Waals surface area (Å²) in [6.07, 6.45) is 1.27. The average molecular weight is 588 g/mol. The van der Waals surface area contributed by atoms with Gasteiger partial charge in [-0.05, 0) is 54.3 Å². The number of amides is 2. The van der Waals surface area contributed by atoms with Gasteiger partial charge in [-0.25, -0.2) is 0 Å². The molecule has 0 aliphatic rings. The second-order valence-electron chi connectivity index (χ2n) is 8.79. The van der Waals surface area contributed by atoms with E-state index >= 15 is 0 Å². The van der Waals surface area contributed by atoms with Crippen molar-refractivity contribution in [3.05, 3.63) is 105 Å². The number of thioether (sulfide) groups is 1. The lowest BCUT2D eigenvalue weighted by Crippen LogP contribution is -2.52. The van der Waals surface area contributed by atoms with E-state index in [0.29, 0.717) is 23.7 Å². The van der Waals surface area contributed by atoms with Gasteiger partial charge in [0, 0.05) is 34.3 Å². The third-order valence-electron chi connectivity index (χ3n) is 5.92. The summed E-state index contributed by atoms with van der Waals surface area (Å²) in [5, 5.41) is 3.79. The molecule has 2 unspecified atom stereocenters. The van der Waals surface area contributed by atoms with Crippen LogP contribution in [-0.2, 0) is 28.3 Å². The van der Waals surface area contributed by atoms with Gasteiger partial charge in [-0.1, -0.05) is 89.1 Å². The van der Waals surface area contributed by atoms with E-state index in [1.165, 1.54) is 11.8 Å². The molecule has 0 aromatic heterocycles. The van der Waals surface area contributed by atoms with Crippen LogP contribution in [0.2, 0.25) is 5.02 Å². The van der Waals surface area contributed by atoms with Gasteiger partial charge in [-0.15, -0.1) is 11.8 Å². The molecule has 3 rings (SSSR count). The van der Waals surface area contributed by atoms with Crippen molar-refractivity contribution < 1.29 is 9.59 Å². The van der Waals surface area contributed by atoms with Crippen molar-refractivity contribution in [2.75, 3.05) is 5.75 Å². The van der Waals surface area contributed by atoms with Gasteiger partial charge >= 0.3 is 0 Å². The number of benzene rings is 3. The Kier molecular flexibility index (Phi) is 11.4. The minimum Gasteiger partial charge on any atom is -0.352 e. The fourth-order valence-corrected chi connectivity index (χ4v) is 5.08. The molecule has 0 saturated heterocycles. The van der Waals surface area contributed by atoms with Crippen LogP contribution in [0.15, 0.2) is 83.3 Å². The van der Waals surface area contributed by atoms with Gasteiger partial charge in [-0.2, -0.15) is 0 Å². The summed E-state index contributed by atoms with van der Waals surface area (Å²) in [6, 6.07) is 24.8. The summed E-state index contributed by atoms with van der Waals surface area (Å²) >= 11 is 11.1. The molecular formula is C29H32BrClN2O2S. The van der Waals surface area contributed by atoms with Crippen LogP contribution < -0.4 is 5.32 Å². The molecule has 2 atom stereocenters. The standard InChI is InChI=1S/C29H32BrClN2O2S/c1-3-21(2)32-29(35)27(17-22-8-5-4-6-9-22)33(18-23-12-14-25(30)15-13-23)28(34)20-36-19-24-10-7-11-26(31)16-24/h4-16,21,27H,3,17-20H2,1-2H3,(H,32,35). The molecule has 190 valence electrons. The van der Waals surface area contributed by atoms with Crippen LogP contribution in [0.25, 0.3) is 0 Å². The minimum atomic E-state index is -0.621. The van der Waals surface area contributed by atoms with Crippen LogP contribution in [0.1, 0.15) is 37.0 Å². The molecule has 0 spiro atoms. The monoisotopic (exact) mass is 586 g/mol. The maximum atomic E-state index is 13.7. The largest absolute Gasteiger partial charge is 0.352 e. The van der Waals surface area contributed by atoms with Crippen molar-refractivity contribution in [2.45, 2.75) is 51.1 Å². The summed E-state index contributed by atoms with van der Waals surface area (Å²) in [5.74, 6) is 0.745. The minimum absolute atomic E-state index is 0.0256. The van der Waals surface area contributed by atoms with E-state index in [2.05, 4.69) is 21.2 Å². The molecular weight excluding hydrogens is 556 g/mol. The second kappa shape index (κ2) is 14.5. The fourth-order valence-electron chi connectivity index (χ4n) is 3.75. The Bertz CT molecular complexity index is 1130. The number of nitrogens with one attached hydrogen (secondary N) is 1. The van der Waals surface area contributed by atoms with Crippen LogP contribution in [-0.4, -0.2) is 34.6 Å². The van der Waals surface area contributed by atoms with E-state index in [1.807, 2.05) is 92.7 Å². The normalized spacial score (nSPS) is 12.6. The number of rotatable bonds is 12. The SMILES string of the molecule is CCC(C)NC(=O)C(Cc1ccccc1)N(Cc1ccc(Br)cc1)C(=O)CSCc1cccc(Cl)c1. The molecule has 0 heterocycles. The predicted molar refractivity (Wildman–Crippen MR) is 154 cm³/mol. The van der Waals surface area contributed by atoms with E-state index in [-0.39, 0.29) is 23.6 Å². The Morgan fingerprint density at radius 3 is 2.33 bits per heavy atom. The molecule has 0 aliphatic heterocycles. The zero-order valence-corrected chi connectivity index (χ0v) is 23.8. The summed E-state index contributed by atoms with van der Waals surface area (Å²) in [6.45, 7) is 4.38. The van der Waals surface area contributed by atoms with Crippen LogP contribution >= 0.6 is 39.3 Å². The van der Waals surface area contributed by atoms with Crippen molar-refractivity contribution in [1.82, 2.24) is 10.2 Å². The van der Waals surface area contributed by atoms with Gasteiger partial charge < -0.3 is 10.2 Å². The zero-order chi connectivity index (χ0) is 25.9. The van der Waals surface area contributed by atoms with Crippen LogP contribution in [0.3, 0.4) is 0 Å². The molecule has 2 amide bonds. The zero-order valence-electron chi connectivity index (χ0n) is 20.6. The van der Waals surface area contributed by atoms with Gasteiger partial charge in [0.15, 0.2) is 0 Å². The lowest BCUT2D eigenvalue weighted by Gasteiger charge is -2.32. The number of hydrogen-bond acceptors (Lipinski definition) is 3. The highest BCUT2D eigenvalue weighted by Crippen LogP contribution is 2.21. The highest BCUT2D eigenvalue weighted by molar-refractivity contribution is 9.10. The van der Waals surface area contributed by atoms with Crippen molar-refractivity contribution in [3.8, 4) is 0 Å². The Morgan fingerprint density at radius 2 is 1.67 bits per heavy atom. The maximum Gasteiger partial charge on any atom is 0.243 e. The lowest BCUT2D eigenvalue weighted by atomic mass is 10.0. The van der Waals surface area contributed by atoms with Crippen molar-refractivity contribution >= 4 is 51.1 Å². The molecule has 4 nitrogen and oxygen atoms in total. The van der Waals surface area contributed by atoms with Crippen molar-refractivity contribution in [1.29, 1.82) is 0 Å². The number of halogens is 2. The second-order valence-corrected chi connectivity index (χ2v) is 11.1. The molecule has 0 saturated carbocycles. The maximum absolute atomic E-state index is 13.7. The Morgan fingerprint density at radius 1 is 0.972 bits per heavy atom. The third kappa shape index (κ3) is 8.99. The van der Waals surface area contributed by atoms with Gasteiger partial charge in [0.05, 0.1) is 5.75 Å². The first-order valence-electron chi connectivity index (χ1n) is 12.1. The third-order valence-corrected chi connectivity index (χ3v) is 7.67.